The van der Waals surface area contributed by atoms with E-state index in [-0.39, 0.29) is 30.1 Å². The number of amides is 2. The summed E-state index contributed by atoms with van der Waals surface area (Å²) in [5.74, 6) is 1.20. The fourth-order valence-electron chi connectivity index (χ4n) is 3.10. The van der Waals surface area contributed by atoms with Crippen LogP contribution in [-0.2, 0) is 9.59 Å². The summed E-state index contributed by atoms with van der Waals surface area (Å²) in [5, 5.41) is 6.14. The second kappa shape index (κ2) is 11.7. The highest BCUT2D eigenvalue weighted by molar-refractivity contribution is 5.88. The number of hydrogen-bond donors (Lipinski definition) is 2. The van der Waals surface area contributed by atoms with Crippen LogP contribution in [-0.4, -0.2) is 49.4 Å². The van der Waals surface area contributed by atoms with Gasteiger partial charge in [-0.15, -0.1) is 12.4 Å². The van der Waals surface area contributed by atoms with Crippen LogP contribution in [0.2, 0.25) is 0 Å². The van der Waals surface area contributed by atoms with Crippen LogP contribution >= 0.6 is 12.4 Å². The van der Waals surface area contributed by atoms with E-state index in [9.17, 15) is 9.59 Å². The second-order valence-electron chi connectivity index (χ2n) is 7.55. The maximum atomic E-state index is 12.8. The summed E-state index contributed by atoms with van der Waals surface area (Å²) in [7, 11) is 1.98. The van der Waals surface area contributed by atoms with Crippen molar-refractivity contribution in [3.63, 3.8) is 0 Å². The molecule has 1 aliphatic heterocycles. The maximum absolute atomic E-state index is 12.8. The van der Waals surface area contributed by atoms with E-state index in [1.165, 1.54) is 6.42 Å². The molecular weight excluding hydrogens is 326 g/mol. The monoisotopic (exact) mass is 361 g/mol. The lowest BCUT2D eigenvalue weighted by atomic mass is 9.92. The molecule has 2 N–H and O–H groups in total. The highest BCUT2D eigenvalue weighted by Crippen LogP contribution is 2.21. The van der Waals surface area contributed by atoms with E-state index < -0.39 is 6.04 Å². The molecule has 0 radical (unpaired) electrons. The van der Waals surface area contributed by atoms with Crippen molar-refractivity contribution in [2.24, 2.45) is 17.8 Å². The molecule has 24 heavy (non-hydrogen) atoms. The van der Waals surface area contributed by atoms with Crippen molar-refractivity contribution in [3.8, 4) is 0 Å². The summed E-state index contributed by atoms with van der Waals surface area (Å²) < 4.78 is 0. The van der Waals surface area contributed by atoms with Gasteiger partial charge in [-0.1, -0.05) is 27.7 Å². The van der Waals surface area contributed by atoms with Crippen LogP contribution in [0, 0.1) is 17.8 Å². The maximum Gasteiger partial charge on any atom is 0.245 e. The average molecular weight is 362 g/mol. The van der Waals surface area contributed by atoms with Crippen molar-refractivity contribution in [1.29, 1.82) is 0 Å². The number of likely N-dealkylation sites (tertiary alicyclic amines) is 1. The van der Waals surface area contributed by atoms with E-state index in [1.807, 2.05) is 39.6 Å². The van der Waals surface area contributed by atoms with Crippen LogP contribution in [0.1, 0.15) is 53.4 Å². The number of rotatable bonds is 8. The molecule has 0 aromatic rings. The molecule has 1 unspecified atom stereocenters. The molecular formula is C18H36ClN3O2. The molecule has 142 valence electrons. The van der Waals surface area contributed by atoms with Gasteiger partial charge in [-0.3, -0.25) is 9.59 Å². The molecule has 1 saturated heterocycles. The standard InChI is InChI=1S/C18H35N3O2.ClH/c1-13(2)12-16(22)20-17(14(3)4)18(23)21-10-7-15(8-11-21)6-9-19-5;/h13-15,17,19H,6-12H2,1-5H3,(H,20,22);1H. The Morgan fingerprint density at radius 3 is 2.17 bits per heavy atom. The second-order valence-corrected chi connectivity index (χ2v) is 7.55. The largest absolute Gasteiger partial charge is 0.344 e. The molecule has 1 aliphatic rings. The van der Waals surface area contributed by atoms with Gasteiger partial charge in [-0.25, -0.2) is 0 Å². The van der Waals surface area contributed by atoms with Crippen molar-refractivity contribution < 1.29 is 9.59 Å². The molecule has 0 saturated carbocycles. The first-order chi connectivity index (χ1) is 10.8. The Morgan fingerprint density at radius 1 is 1.12 bits per heavy atom. The zero-order valence-electron chi connectivity index (χ0n) is 15.9. The fraction of sp³-hybridized carbons (Fsp3) is 0.889. The molecule has 0 aromatic heterocycles. The van der Waals surface area contributed by atoms with Gasteiger partial charge in [-0.2, -0.15) is 0 Å². The van der Waals surface area contributed by atoms with Crippen LogP contribution in [0.15, 0.2) is 0 Å². The lowest BCUT2D eigenvalue weighted by molar-refractivity contribution is -0.139. The first-order valence-electron chi connectivity index (χ1n) is 9.07. The number of carbonyl (C=O) groups is 2. The minimum absolute atomic E-state index is 0. The summed E-state index contributed by atoms with van der Waals surface area (Å²) in [6.45, 7) is 10.7. The first-order valence-corrected chi connectivity index (χ1v) is 9.07. The third-order valence-electron chi connectivity index (χ3n) is 4.57. The van der Waals surface area contributed by atoms with Gasteiger partial charge in [0.2, 0.25) is 11.8 Å². The topological polar surface area (TPSA) is 61.4 Å². The molecule has 1 heterocycles. The molecule has 5 nitrogen and oxygen atoms in total. The van der Waals surface area contributed by atoms with Gasteiger partial charge >= 0.3 is 0 Å². The highest BCUT2D eigenvalue weighted by atomic mass is 35.5. The summed E-state index contributed by atoms with van der Waals surface area (Å²) in [4.78, 5) is 26.8. The van der Waals surface area contributed by atoms with Gasteiger partial charge in [-0.05, 0) is 50.6 Å². The Labute approximate surface area is 153 Å². The number of carbonyl (C=O) groups excluding carboxylic acids is 2. The van der Waals surface area contributed by atoms with Crippen LogP contribution in [0.25, 0.3) is 0 Å². The quantitative estimate of drug-likeness (QED) is 0.698. The lowest BCUT2D eigenvalue weighted by Crippen LogP contribution is -2.53. The van der Waals surface area contributed by atoms with Crippen LogP contribution in [0.5, 0.6) is 0 Å². The molecule has 6 heteroatoms. The van der Waals surface area contributed by atoms with E-state index in [4.69, 9.17) is 0 Å². The van der Waals surface area contributed by atoms with Crippen molar-refractivity contribution in [1.82, 2.24) is 15.5 Å². The molecule has 0 bridgehead atoms. The molecule has 0 spiro atoms. The molecule has 1 rings (SSSR count). The first kappa shape index (κ1) is 23.2. The average Bonchev–Trinajstić information content (AvgIpc) is 2.49. The fourth-order valence-corrected chi connectivity index (χ4v) is 3.10. The number of nitrogens with zero attached hydrogens (tertiary/aromatic N) is 1. The van der Waals surface area contributed by atoms with Crippen LogP contribution < -0.4 is 10.6 Å². The Morgan fingerprint density at radius 2 is 1.71 bits per heavy atom. The lowest BCUT2D eigenvalue weighted by Gasteiger charge is -2.35. The minimum atomic E-state index is -0.393. The summed E-state index contributed by atoms with van der Waals surface area (Å²) >= 11 is 0. The van der Waals surface area contributed by atoms with Gasteiger partial charge in [0.15, 0.2) is 0 Å². The predicted octanol–water partition coefficient (Wildman–Crippen LogP) is 2.44. The molecule has 0 aliphatic carbocycles. The van der Waals surface area contributed by atoms with E-state index in [0.29, 0.717) is 18.3 Å². The SMILES string of the molecule is CNCCC1CCN(C(=O)C(NC(=O)CC(C)C)C(C)C)CC1.Cl. The zero-order chi connectivity index (χ0) is 17.4. The van der Waals surface area contributed by atoms with Crippen LogP contribution in [0.3, 0.4) is 0 Å². The van der Waals surface area contributed by atoms with Crippen LogP contribution in [0.4, 0.5) is 0 Å². The zero-order valence-corrected chi connectivity index (χ0v) is 16.7. The van der Waals surface area contributed by atoms with E-state index >= 15 is 0 Å². The molecule has 1 atom stereocenters. The number of halogens is 1. The third kappa shape index (κ3) is 7.84. The Hall–Kier alpha value is -0.810. The van der Waals surface area contributed by atoms with Crippen molar-refractivity contribution >= 4 is 24.2 Å². The van der Waals surface area contributed by atoms with Gasteiger partial charge in [0, 0.05) is 19.5 Å². The number of piperidine rings is 1. The molecule has 0 aromatic carbocycles. The van der Waals surface area contributed by atoms with E-state index in [2.05, 4.69) is 10.6 Å². The molecule has 1 fully saturated rings. The summed E-state index contributed by atoms with van der Waals surface area (Å²) in [5.41, 5.74) is 0. The van der Waals surface area contributed by atoms with Gasteiger partial charge in [0.05, 0.1) is 0 Å². The van der Waals surface area contributed by atoms with Gasteiger partial charge < -0.3 is 15.5 Å². The third-order valence-corrected chi connectivity index (χ3v) is 4.57. The van der Waals surface area contributed by atoms with Crippen molar-refractivity contribution in [3.05, 3.63) is 0 Å². The van der Waals surface area contributed by atoms with Crippen molar-refractivity contribution in [2.45, 2.75) is 59.4 Å². The van der Waals surface area contributed by atoms with E-state index in [1.54, 1.807) is 0 Å². The Kier molecular flexibility index (Phi) is 11.3. The smallest absolute Gasteiger partial charge is 0.245 e. The normalized spacial score (nSPS) is 16.9. The Bertz CT molecular complexity index is 380. The molecule has 2 amide bonds. The highest BCUT2D eigenvalue weighted by Gasteiger charge is 2.31. The van der Waals surface area contributed by atoms with E-state index in [0.717, 1.165) is 32.5 Å². The van der Waals surface area contributed by atoms with Gasteiger partial charge in [0.25, 0.3) is 0 Å². The summed E-state index contributed by atoms with van der Waals surface area (Å²) in [6.07, 6.45) is 3.79. The van der Waals surface area contributed by atoms with Crippen molar-refractivity contribution in [2.75, 3.05) is 26.7 Å². The predicted molar refractivity (Wildman–Crippen MR) is 101 cm³/mol. The number of nitrogens with one attached hydrogen (secondary N) is 2. The Balaban J connectivity index is 0.00000529. The van der Waals surface area contributed by atoms with Gasteiger partial charge in [0.1, 0.15) is 6.04 Å². The number of hydrogen-bond acceptors (Lipinski definition) is 3. The summed E-state index contributed by atoms with van der Waals surface area (Å²) in [6, 6.07) is -0.393. The minimum Gasteiger partial charge on any atom is -0.344 e.